The van der Waals surface area contributed by atoms with Gasteiger partial charge < -0.3 is 0 Å². The topological polar surface area (TPSA) is 0 Å². The van der Waals surface area contributed by atoms with Gasteiger partial charge in [0.15, 0.2) is 0 Å². The predicted octanol–water partition coefficient (Wildman–Crippen LogP) is 8.66. The summed E-state index contributed by atoms with van der Waals surface area (Å²) >= 11 is 4.23. The molecular weight excluding hydrogens is 456 g/mol. The minimum absolute atomic E-state index is 0.656. The molecule has 31 heavy (non-hydrogen) atoms. The number of alkyl halides is 1. The third kappa shape index (κ3) is 3.03. The van der Waals surface area contributed by atoms with E-state index in [1.54, 1.807) is 11.1 Å². The maximum atomic E-state index is 4.23. The van der Waals surface area contributed by atoms with Gasteiger partial charge in [-0.15, -0.1) is 0 Å². The molecule has 4 aliphatic rings. The lowest BCUT2D eigenvalue weighted by Gasteiger charge is -2.50. The number of hydrogen-bond donors (Lipinski definition) is 0. The summed E-state index contributed by atoms with van der Waals surface area (Å²) in [7, 11) is -1.62. The number of halogens is 1. The van der Waals surface area contributed by atoms with Crippen molar-refractivity contribution in [3.05, 3.63) is 59.7 Å². The lowest BCUT2D eigenvalue weighted by atomic mass is 9.62. The molecule has 164 valence electrons. The Morgan fingerprint density at radius 1 is 0.742 bits per heavy atom. The van der Waals surface area contributed by atoms with Gasteiger partial charge in [0.25, 0.3) is 0 Å². The molecule has 0 heterocycles. The third-order valence-electron chi connectivity index (χ3n) is 10.1. The first-order valence-corrected chi connectivity index (χ1v) is 16.9. The van der Waals surface area contributed by atoms with Crippen molar-refractivity contribution in [2.45, 2.75) is 74.5 Å². The SMILES string of the molecule is CC1CC2C3CCCCC3C(Br)CC2C1[Si](C)(C)C1c2ccccc2-c2ccccc21. The average molecular weight is 494 g/mol. The molecule has 0 bridgehead atoms. The van der Waals surface area contributed by atoms with Crippen molar-refractivity contribution in [3.8, 4) is 11.1 Å². The Balaban J connectivity index is 1.41. The average Bonchev–Trinajstić information content (AvgIpc) is 3.29. The molecule has 0 amide bonds. The van der Waals surface area contributed by atoms with Crippen LogP contribution in [0.3, 0.4) is 0 Å². The van der Waals surface area contributed by atoms with Crippen LogP contribution in [0.5, 0.6) is 0 Å². The van der Waals surface area contributed by atoms with E-state index in [4.69, 9.17) is 0 Å². The maximum Gasteiger partial charge on any atom is 0.0640 e. The molecule has 0 N–H and O–H groups in total. The van der Waals surface area contributed by atoms with E-state index in [2.05, 4.69) is 84.5 Å². The lowest BCUT2D eigenvalue weighted by molar-refractivity contribution is 0.0798. The largest absolute Gasteiger partial charge is 0.0887 e. The van der Waals surface area contributed by atoms with Crippen molar-refractivity contribution >= 4 is 24.0 Å². The predicted molar refractivity (Wildman–Crippen MR) is 138 cm³/mol. The summed E-state index contributed by atoms with van der Waals surface area (Å²) in [5.74, 6) is 4.78. The van der Waals surface area contributed by atoms with Gasteiger partial charge in [-0.05, 0) is 83.1 Å². The zero-order chi connectivity index (χ0) is 21.3. The van der Waals surface area contributed by atoms with E-state index in [0.29, 0.717) is 5.54 Å². The molecule has 0 radical (unpaired) electrons. The Labute approximate surface area is 198 Å². The summed E-state index contributed by atoms with van der Waals surface area (Å²) in [6.07, 6.45) is 8.87. The van der Waals surface area contributed by atoms with Crippen molar-refractivity contribution in [1.82, 2.24) is 0 Å². The Kier molecular flexibility index (Phi) is 5.07. The fraction of sp³-hybridized carbons (Fsp3) is 0.586. The van der Waals surface area contributed by atoms with Crippen LogP contribution in [0.25, 0.3) is 11.1 Å². The highest BCUT2D eigenvalue weighted by Gasteiger charge is 2.58. The van der Waals surface area contributed by atoms with E-state index in [1.165, 1.54) is 49.7 Å². The lowest BCUT2D eigenvalue weighted by Crippen LogP contribution is -2.48. The molecule has 0 aromatic heterocycles. The molecule has 4 aliphatic carbocycles. The molecular formula is C29H37BrSi. The van der Waals surface area contributed by atoms with Crippen LogP contribution in [0.2, 0.25) is 18.6 Å². The standard InChI is InChI=1S/C29H37BrSi/c1-18-16-25-21-12-4-7-13-22(21)27(30)17-26(25)28(18)31(2,3)29-23-14-8-5-10-19(23)20-11-6-9-15-24(20)29/h5-6,8-11,14-15,18,21-22,25-29H,4,7,12-13,16-17H2,1-3H3. The maximum absolute atomic E-state index is 4.23. The number of benzene rings is 2. The number of hydrogen-bond acceptors (Lipinski definition) is 0. The van der Waals surface area contributed by atoms with E-state index < -0.39 is 8.07 Å². The van der Waals surface area contributed by atoms with Gasteiger partial charge in [-0.1, -0.05) is 97.3 Å². The van der Waals surface area contributed by atoms with E-state index in [9.17, 15) is 0 Å². The van der Waals surface area contributed by atoms with E-state index in [0.717, 1.165) is 40.0 Å². The monoisotopic (exact) mass is 492 g/mol. The highest BCUT2D eigenvalue weighted by molar-refractivity contribution is 9.09. The molecule has 0 saturated heterocycles. The summed E-state index contributed by atoms with van der Waals surface area (Å²) in [5.41, 5.74) is 7.89. The minimum atomic E-state index is -1.62. The Bertz CT molecular complexity index is 935. The first kappa shape index (κ1) is 20.7. The van der Waals surface area contributed by atoms with Gasteiger partial charge in [-0.25, -0.2) is 0 Å². The Hall–Kier alpha value is -0.863. The van der Waals surface area contributed by atoms with Crippen molar-refractivity contribution in [3.63, 3.8) is 0 Å². The molecule has 2 heteroatoms. The first-order valence-electron chi connectivity index (χ1n) is 12.8. The Morgan fingerprint density at radius 3 is 1.97 bits per heavy atom. The summed E-state index contributed by atoms with van der Waals surface area (Å²) in [5, 5.41) is 0. The van der Waals surface area contributed by atoms with Crippen LogP contribution in [-0.4, -0.2) is 12.9 Å². The second-order valence-corrected chi connectivity index (χ2v) is 17.9. The zero-order valence-corrected chi connectivity index (χ0v) is 21.9. The zero-order valence-electron chi connectivity index (χ0n) is 19.4. The van der Waals surface area contributed by atoms with Crippen LogP contribution in [0.4, 0.5) is 0 Å². The minimum Gasteiger partial charge on any atom is -0.0887 e. The fourth-order valence-corrected chi connectivity index (χ4v) is 16.0. The molecule has 3 saturated carbocycles. The van der Waals surface area contributed by atoms with E-state index >= 15 is 0 Å². The second kappa shape index (κ2) is 7.59. The van der Waals surface area contributed by atoms with Crippen molar-refractivity contribution in [2.24, 2.45) is 29.6 Å². The molecule has 2 aromatic rings. The highest BCUT2D eigenvalue weighted by atomic mass is 79.9. The van der Waals surface area contributed by atoms with Gasteiger partial charge in [0.1, 0.15) is 0 Å². The van der Waals surface area contributed by atoms with Crippen LogP contribution in [0.1, 0.15) is 62.1 Å². The molecule has 6 rings (SSSR count). The van der Waals surface area contributed by atoms with Crippen LogP contribution in [-0.2, 0) is 0 Å². The molecule has 7 unspecified atom stereocenters. The smallest absolute Gasteiger partial charge is 0.0640 e. The van der Waals surface area contributed by atoms with Crippen molar-refractivity contribution < 1.29 is 0 Å². The number of rotatable bonds is 2. The Morgan fingerprint density at radius 2 is 1.32 bits per heavy atom. The van der Waals surface area contributed by atoms with Gasteiger partial charge in [0.2, 0.25) is 0 Å². The molecule has 7 atom stereocenters. The van der Waals surface area contributed by atoms with Crippen LogP contribution in [0, 0.1) is 29.6 Å². The van der Waals surface area contributed by atoms with Crippen LogP contribution >= 0.6 is 15.9 Å². The quantitative estimate of drug-likeness (QED) is 0.290. The van der Waals surface area contributed by atoms with Gasteiger partial charge in [-0.2, -0.15) is 0 Å². The molecule has 0 aliphatic heterocycles. The van der Waals surface area contributed by atoms with Crippen molar-refractivity contribution in [2.75, 3.05) is 0 Å². The van der Waals surface area contributed by atoms with Gasteiger partial charge >= 0.3 is 0 Å². The van der Waals surface area contributed by atoms with Crippen molar-refractivity contribution in [1.29, 1.82) is 0 Å². The molecule has 0 spiro atoms. The first-order chi connectivity index (χ1) is 15.0. The molecule has 3 fully saturated rings. The summed E-state index contributed by atoms with van der Waals surface area (Å²) in [4.78, 5) is 0.764. The van der Waals surface area contributed by atoms with E-state index in [1.807, 2.05) is 0 Å². The highest BCUT2D eigenvalue weighted by Crippen LogP contribution is 2.65. The van der Waals surface area contributed by atoms with Gasteiger partial charge in [-0.3, -0.25) is 0 Å². The second-order valence-electron chi connectivity index (χ2n) is 11.9. The van der Waals surface area contributed by atoms with Gasteiger partial charge in [0.05, 0.1) is 8.07 Å². The summed E-state index contributed by atoms with van der Waals surface area (Å²) in [6.45, 7) is 8.15. The summed E-state index contributed by atoms with van der Waals surface area (Å²) < 4.78 is 0. The normalized spacial score (nSPS) is 37.1. The third-order valence-corrected chi connectivity index (χ3v) is 16.0. The molecule has 0 nitrogen and oxygen atoms in total. The fourth-order valence-electron chi connectivity index (χ4n) is 9.29. The number of fused-ring (bicyclic) bond motifs is 6. The van der Waals surface area contributed by atoms with E-state index in [-0.39, 0.29) is 0 Å². The van der Waals surface area contributed by atoms with Gasteiger partial charge in [0, 0.05) is 10.4 Å². The summed E-state index contributed by atoms with van der Waals surface area (Å²) in [6, 6.07) is 18.7. The van der Waals surface area contributed by atoms with Crippen LogP contribution < -0.4 is 0 Å². The van der Waals surface area contributed by atoms with Crippen LogP contribution in [0.15, 0.2) is 48.5 Å². The molecule has 2 aromatic carbocycles.